The van der Waals surface area contributed by atoms with Gasteiger partial charge in [-0.1, -0.05) is 76.5 Å². The van der Waals surface area contributed by atoms with Gasteiger partial charge in [0.1, 0.15) is 5.57 Å². The minimum atomic E-state index is -0.398. The van der Waals surface area contributed by atoms with Crippen LogP contribution in [0.4, 0.5) is 0 Å². The Labute approximate surface area is 161 Å². The van der Waals surface area contributed by atoms with Gasteiger partial charge in [-0.15, -0.1) is 5.10 Å². The lowest BCUT2D eigenvalue weighted by Gasteiger charge is -2.02. The minimum absolute atomic E-state index is 0.147. The van der Waals surface area contributed by atoms with Crippen LogP contribution in [0.5, 0.6) is 0 Å². The highest BCUT2D eigenvalue weighted by Gasteiger charge is 2.09. The van der Waals surface area contributed by atoms with Crippen LogP contribution in [0.25, 0.3) is 6.08 Å². The lowest BCUT2D eigenvalue weighted by Crippen LogP contribution is -2.30. The van der Waals surface area contributed by atoms with Gasteiger partial charge in [0.15, 0.2) is 0 Å². The van der Waals surface area contributed by atoms with E-state index in [0.717, 1.165) is 18.1 Å². The molecule has 0 aliphatic carbocycles. The van der Waals surface area contributed by atoms with Gasteiger partial charge < -0.3 is 0 Å². The van der Waals surface area contributed by atoms with E-state index in [1.54, 1.807) is 12.1 Å². The standard InChI is InChI=1S/C22H29N3O2/c1-2-3-4-5-6-7-8-9-10-15-21(26)25-23-17-19-16-18-13-11-12-14-20(18)24-22(19)27/h11-14,16H,2-10,15H2,1H3,(H,25,26). The molecule has 1 aromatic carbocycles. The van der Waals surface area contributed by atoms with Crippen LogP contribution in [0.1, 0.15) is 71.1 Å². The average molecular weight is 367 g/mol. The normalized spacial score (nSPS) is 12.5. The first-order valence-electron chi connectivity index (χ1n) is 10.0. The van der Waals surface area contributed by atoms with Crippen LogP contribution in [0, 0.1) is 0 Å². The van der Waals surface area contributed by atoms with Crippen LogP contribution < -0.4 is 16.0 Å². The summed E-state index contributed by atoms with van der Waals surface area (Å²) in [6.45, 7) is 2.23. The van der Waals surface area contributed by atoms with Gasteiger partial charge >= 0.3 is 0 Å². The van der Waals surface area contributed by atoms with E-state index >= 15 is 0 Å². The SMILES string of the molecule is CCCCCCCCCCCC(=O)NN=C=C1C=c2ccccc2=NC1=O. The number of unbranched alkanes of at least 4 members (excludes halogenated alkanes) is 8. The molecule has 0 radical (unpaired) electrons. The number of fused-ring (bicyclic) bond motifs is 1. The quantitative estimate of drug-likeness (QED) is 0.282. The van der Waals surface area contributed by atoms with Gasteiger partial charge in [0.05, 0.1) is 5.36 Å². The third-order valence-corrected chi connectivity index (χ3v) is 4.55. The van der Waals surface area contributed by atoms with Gasteiger partial charge in [-0.3, -0.25) is 9.59 Å². The Morgan fingerprint density at radius 2 is 1.70 bits per heavy atom. The smallest absolute Gasteiger partial charge is 0.273 e. The molecular weight excluding hydrogens is 338 g/mol. The van der Waals surface area contributed by atoms with E-state index in [2.05, 4.69) is 28.3 Å². The zero-order valence-corrected chi connectivity index (χ0v) is 16.2. The summed E-state index contributed by atoms with van der Waals surface area (Å²) in [5.41, 5.74) is 2.69. The number of hydrazone groups is 1. The number of para-hydroxylation sites is 1. The van der Waals surface area contributed by atoms with Gasteiger partial charge in [0.2, 0.25) is 5.91 Å². The largest absolute Gasteiger partial charge is 0.287 e. The molecule has 5 nitrogen and oxygen atoms in total. The van der Waals surface area contributed by atoms with E-state index in [-0.39, 0.29) is 11.5 Å². The average Bonchev–Trinajstić information content (AvgIpc) is 2.67. The number of hydrogen-bond donors (Lipinski definition) is 1. The Hall–Kier alpha value is -2.52. The van der Waals surface area contributed by atoms with Crippen molar-refractivity contribution in [2.45, 2.75) is 71.1 Å². The number of nitrogens with one attached hydrogen (secondary N) is 1. The molecule has 5 heteroatoms. The molecule has 0 fully saturated rings. The third-order valence-electron chi connectivity index (χ3n) is 4.55. The summed E-state index contributed by atoms with van der Waals surface area (Å²) >= 11 is 0. The first-order chi connectivity index (χ1) is 13.2. The molecule has 2 amide bonds. The van der Waals surface area contributed by atoms with Crippen LogP contribution >= 0.6 is 0 Å². The van der Waals surface area contributed by atoms with Gasteiger partial charge in [0, 0.05) is 17.5 Å². The van der Waals surface area contributed by atoms with Crippen LogP contribution in [0.3, 0.4) is 0 Å². The molecular formula is C22H29N3O2. The number of carbonyl (C=O) groups is 2. The number of nitrogens with zero attached hydrogens (tertiary/aromatic N) is 2. The first-order valence-corrected chi connectivity index (χ1v) is 10.0. The fourth-order valence-electron chi connectivity index (χ4n) is 2.98. The summed E-state index contributed by atoms with van der Waals surface area (Å²) < 4.78 is 0. The number of hydrogen-bond acceptors (Lipinski definition) is 3. The molecule has 2 rings (SSSR count). The van der Waals surface area contributed by atoms with Crippen LogP contribution in [0.2, 0.25) is 0 Å². The van der Waals surface area contributed by atoms with Gasteiger partial charge in [-0.2, -0.15) is 0 Å². The molecule has 1 heterocycles. The van der Waals surface area contributed by atoms with Crippen LogP contribution in [0.15, 0.2) is 39.9 Å². The van der Waals surface area contributed by atoms with Crippen molar-refractivity contribution in [3.63, 3.8) is 0 Å². The van der Waals surface area contributed by atoms with E-state index < -0.39 is 5.91 Å². The molecule has 27 heavy (non-hydrogen) atoms. The molecule has 1 N–H and O–H groups in total. The Kier molecular flexibility index (Phi) is 9.22. The van der Waals surface area contributed by atoms with E-state index in [4.69, 9.17) is 0 Å². The summed E-state index contributed by atoms with van der Waals surface area (Å²) in [6.07, 6.45) is 13.0. The fraction of sp³-hybridized carbons (Fsp3) is 0.500. The second-order valence-corrected chi connectivity index (χ2v) is 6.87. The molecule has 0 unspecified atom stereocenters. The van der Waals surface area contributed by atoms with Crippen molar-refractivity contribution in [3.8, 4) is 0 Å². The molecule has 0 aromatic heterocycles. The Bertz CT molecular complexity index is 820. The van der Waals surface area contributed by atoms with E-state index in [0.29, 0.717) is 11.8 Å². The topological polar surface area (TPSA) is 70.9 Å². The Morgan fingerprint density at radius 3 is 2.44 bits per heavy atom. The lowest BCUT2D eigenvalue weighted by molar-refractivity contribution is -0.121. The van der Waals surface area contributed by atoms with Crippen molar-refractivity contribution < 1.29 is 9.59 Å². The number of rotatable bonds is 11. The highest BCUT2D eigenvalue weighted by Crippen LogP contribution is 2.10. The molecule has 144 valence electrons. The first kappa shape index (κ1) is 20.8. The Balaban J connectivity index is 1.67. The van der Waals surface area contributed by atoms with Gasteiger partial charge in [-0.05, 0) is 18.6 Å². The number of amides is 2. The zero-order valence-electron chi connectivity index (χ0n) is 16.2. The maximum absolute atomic E-state index is 11.9. The van der Waals surface area contributed by atoms with Crippen LogP contribution in [-0.4, -0.2) is 17.7 Å². The Morgan fingerprint density at radius 1 is 1.04 bits per heavy atom. The fourth-order valence-corrected chi connectivity index (χ4v) is 2.98. The molecule has 0 bridgehead atoms. The second kappa shape index (κ2) is 12.0. The molecule has 0 saturated heterocycles. The van der Waals surface area contributed by atoms with E-state index in [9.17, 15) is 9.59 Å². The van der Waals surface area contributed by atoms with Gasteiger partial charge in [-0.25, -0.2) is 10.4 Å². The summed E-state index contributed by atoms with van der Waals surface area (Å²) in [7, 11) is 0. The molecule has 1 aromatic rings. The molecule has 0 saturated carbocycles. The second-order valence-electron chi connectivity index (χ2n) is 6.87. The van der Waals surface area contributed by atoms with Crippen molar-refractivity contribution in [2.24, 2.45) is 10.1 Å². The van der Waals surface area contributed by atoms with Crippen molar-refractivity contribution in [1.29, 1.82) is 0 Å². The van der Waals surface area contributed by atoms with Crippen molar-refractivity contribution in [3.05, 3.63) is 40.4 Å². The molecule has 1 aliphatic rings. The van der Waals surface area contributed by atoms with E-state index in [1.807, 2.05) is 18.2 Å². The van der Waals surface area contributed by atoms with Crippen molar-refractivity contribution >= 4 is 23.8 Å². The monoisotopic (exact) mass is 367 g/mol. The molecule has 1 aliphatic heterocycles. The predicted molar refractivity (Wildman–Crippen MR) is 108 cm³/mol. The summed E-state index contributed by atoms with van der Waals surface area (Å²) in [5.74, 6) is 2.04. The zero-order chi connectivity index (χ0) is 19.3. The molecule has 0 atom stereocenters. The lowest BCUT2D eigenvalue weighted by atomic mass is 10.1. The molecule has 0 spiro atoms. The predicted octanol–water partition coefficient (Wildman–Crippen LogP) is 3.18. The highest BCUT2D eigenvalue weighted by molar-refractivity contribution is 6.10. The third kappa shape index (κ3) is 7.71. The number of benzene rings is 1. The highest BCUT2D eigenvalue weighted by atomic mass is 16.2. The van der Waals surface area contributed by atoms with Gasteiger partial charge in [0.25, 0.3) is 5.91 Å². The van der Waals surface area contributed by atoms with Crippen molar-refractivity contribution in [2.75, 3.05) is 0 Å². The maximum Gasteiger partial charge on any atom is 0.287 e. The van der Waals surface area contributed by atoms with E-state index in [1.165, 1.54) is 44.9 Å². The number of carbonyl (C=O) groups excluding carboxylic acids is 2. The maximum atomic E-state index is 11.9. The minimum Gasteiger partial charge on any atom is -0.273 e. The van der Waals surface area contributed by atoms with Crippen LogP contribution in [-0.2, 0) is 9.59 Å². The summed E-state index contributed by atoms with van der Waals surface area (Å²) in [4.78, 5) is 27.7. The summed E-state index contributed by atoms with van der Waals surface area (Å²) in [6, 6.07) is 7.36. The summed E-state index contributed by atoms with van der Waals surface area (Å²) in [5, 5.41) is 5.26. The van der Waals surface area contributed by atoms with Crippen molar-refractivity contribution in [1.82, 2.24) is 5.43 Å².